The number of nitrogen functional groups attached to an aromatic ring is 1. The average Bonchev–Trinajstić information content (AvgIpc) is 3.06. The van der Waals surface area contributed by atoms with E-state index >= 15 is 0 Å². The zero-order valence-corrected chi connectivity index (χ0v) is 17.8. The Morgan fingerprint density at radius 2 is 2.03 bits per heavy atom. The normalized spacial score (nSPS) is 10.4. The van der Waals surface area contributed by atoms with Crippen LogP contribution in [0.1, 0.15) is 22.3 Å². The molecular weight excluding hydrogens is 418 g/mol. The number of amides is 1. The predicted octanol–water partition coefficient (Wildman–Crippen LogP) is 1.53. The van der Waals surface area contributed by atoms with Crippen molar-refractivity contribution in [1.82, 2.24) is 10.3 Å². The number of carbonyl (C=O) groups is 1. The molecule has 3 aromatic rings. The van der Waals surface area contributed by atoms with Crippen molar-refractivity contribution in [3.05, 3.63) is 50.9 Å². The number of thioether (sulfide) groups is 1. The van der Waals surface area contributed by atoms with Crippen molar-refractivity contribution in [3.8, 4) is 23.4 Å². The number of hydrogen-bond donors (Lipinski definition) is 3. The van der Waals surface area contributed by atoms with Crippen LogP contribution in [0.2, 0.25) is 0 Å². The van der Waals surface area contributed by atoms with Crippen LogP contribution in [0.15, 0.2) is 32.5 Å². The Kier molecular flexibility index (Phi) is 6.09. The molecule has 156 valence electrons. The lowest BCUT2D eigenvalue weighted by atomic mass is 10.0. The molecule has 0 radical (unpaired) electrons. The highest BCUT2D eigenvalue weighted by Crippen LogP contribution is 2.33. The van der Waals surface area contributed by atoms with Gasteiger partial charge in [-0.2, -0.15) is 10.5 Å². The quantitative estimate of drug-likeness (QED) is 0.400. The third kappa shape index (κ3) is 4.27. The summed E-state index contributed by atoms with van der Waals surface area (Å²) in [4.78, 5) is 28.8. The summed E-state index contributed by atoms with van der Waals surface area (Å²) in [6.07, 6.45) is 0. The fraction of sp³-hybridized carbons (Fsp3) is 0.200. The van der Waals surface area contributed by atoms with E-state index < -0.39 is 5.63 Å². The fourth-order valence-electron chi connectivity index (χ4n) is 2.94. The van der Waals surface area contributed by atoms with E-state index in [9.17, 15) is 20.1 Å². The Labute approximate surface area is 181 Å². The molecule has 0 atom stereocenters. The molecule has 3 rings (SSSR count). The average molecular weight is 436 g/mol. The van der Waals surface area contributed by atoms with Gasteiger partial charge in [-0.3, -0.25) is 9.32 Å². The first-order valence-corrected chi connectivity index (χ1v) is 9.96. The van der Waals surface area contributed by atoms with Crippen LogP contribution in [-0.2, 0) is 11.8 Å². The van der Waals surface area contributed by atoms with E-state index in [4.69, 9.17) is 10.3 Å². The van der Waals surface area contributed by atoms with Gasteiger partial charge in [0.25, 0.3) is 0 Å². The van der Waals surface area contributed by atoms with E-state index in [1.807, 2.05) is 44.2 Å². The number of nitrogens with zero attached hydrogens (tertiary/aromatic N) is 4. The Balaban J connectivity index is 1.96. The van der Waals surface area contributed by atoms with Gasteiger partial charge in [0.05, 0.1) is 11.3 Å². The van der Waals surface area contributed by atoms with Crippen molar-refractivity contribution in [1.29, 1.82) is 10.5 Å². The molecule has 0 unspecified atom stereocenters. The monoisotopic (exact) mass is 436 g/mol. The lowest BCUT2D eigenvalue weighted by molar-refractivity contribution is -0.730. The van der Waals surface area contributed by atoms with Gasteiger partial charge in [0, 0.05) is 5.69 Å². The number of nitrogens with two attached hydrogens (primary N) is 1. The number of carbonyl (C=O) groups excluding carboxylic acids is 1. The number of pyridine rings is 1. The third-order valence-corrected chi connectivity index (χ3v) is 5.44. The van der Waals surface area contributed by atoms with Gasteiger partial charge in [-0.15, -0.1) is 0 Å². The van der Waals surface area contributed by atoms with Crippen LogP contribution in [0.25, 0.3) is 11.3 Å². The van der Waals surface area contributed by atoms with E-state index in [0.717, 1.165) is 22.9 Å². The fourth-order valence-corrected chi connectivity index (χ4v) is 3.74. The van der Waals surface area contributed by atoms with Gasteiger partial charge < -0.3 is 11.1 Å². The molecule has 0 spiro atoms. The Hall–Kier alpha value is -4.09. The van der Waals surface area contributed by atoms with Crippen LogP contribution in [0.5, 0.6) is 0 Å². The number of rotatable bonds is 5. The van der Waals surface area contributed by atoms with Crippen molar-refractivity contribution < 1.29 is 14.0 Å². The maximum Gasteiger partial charge on any atom is 0.435 e. The smallest absolute Gasteiger partial charge is 0.383 e. The number of benzene rings is 1. The van der Waals surface area contributed by atoms with E-state index in [1.165, 1.54) is 11.7 Å². The van der Waals surface area contributed by atoms with Crippen LogP contribution in [0, 0.1) is 36.5 Å². The molecule has 0 aliphatic heterocycles. The van der Waals surface area contributed by atoms with Crippen molar-refractivity contribution in [2.75, 3.05) is 16.8 Å². The van der Waals surface area contributed by atoms with E-state index in [-0.39, 0.29) is 44.9 Å². The molecule has 1 amide bonds. The Morgan fingerprint density at radius 3 is 2.65 bits per heavy atom. The minimum atomic E-state index is -0.773. The summed E-state index contributed by atoms with van der Waals surface area (Å²) in [6.45, 7) is 3.80. The molecule has 0 aliphatic carbocycles. The zero-order valence-electron chi connectivity index (χ0n) is 16.9. The molecule has 0 aliphatic rings. The molecule has 2 aromatic heterocycles. The molecule has 2 heterocycles. The molecule has 0 saturated carbocycles. The van der Waals surface area contributed by atoms with Crippen molar-refractivity contribution >= 4 is 29.2 Å². The highest BCUT2D eigenvalue weighted by Gasteiger charge is 2.31. The number of aromatic amines is 1. The lowest BCUT2D eigenvalue weighted by Crippen LogP contribution is -2.34. The van der Waals surface area contributed by atoms with Gasteiger partial charge in [0.2, 0.25) is 5.91 Å². The molecule has 10 nitrogen and oxygen atoms in total. The SMILES string of the molecule is Cc1ccc(C)c(NC(=O)CSc2nc(N)c(C#N)c(-c3c(=O)o[nH][n+]3C)c2C#N)c1. The number of hydrogen-bond acceptors (Lipinski definition) is 8. The van der Waals surface area contributed by atoms with E-state index in [2.05, 4.69) is 15.6 Å². The number of H-pyrrole nitrogens is 1. The largest absolute Gasteiger partial charge is 0.435 e. The molecule has 0 fully saturated rings. The summed E-state index contributed by atoms with van der Waals surface area (Å²) in [6, 6.07) is 9.57. The summed E-state index contributed by atoms with van der Waals surface area (Å²) < 4.78 is 5.98. The van der Waals surface area contributed by atoms with Gasteiger partial charge in [-0.1, -0.05) is 28.6 Å². The molecule has 31 heavy (non-hydrogen) atoms. The van der Waals surface area contributed by atoms with Crippen molar-refractivity contribution in [3.63, 3.8) is 0 Å². The number of aromatic nitrogens is 3. The van der Waals surface area contributed by atoms with Crippen LogP contribution < -0.4 is 21.4 Å². The van der Waals surface area contributed by atoms with Crippen LogP contribution in [-0.4, -0.2) is 21.9 Å². The topological polar surface area (TPSA) is 165 Å². The molecule has 4 N–H and O–H groups in total. The number of nitriles is 2. The van der Waals surface area contributed by atoms with Gasteiger partial charge >= 0.3 is 11.3 Å². The molecule has 0 saturated heterocycles. The minimum Gasteiger partial charge on any atom is -0.383 e. The van der Waals surface area contributed by atoms with E-state index in [1.54, 1.807) is 0 Å². The summed E-state index contributed by atoms with van der Waals surface area (Å²) in [5, 5.41) is 24.6. The number of aryl methyl sites for hydroxylation is 3. The first-order chi connectivity index (χ1) is 14.8. The van der Waals surface area contributed by atoms with Gasteiger partial charge in [0.15, 0.2) is 7.05 Å². The second-order valence-electron chi connectivity index (χ2n) is 6.69. The molecule has 1 aromatic carbocycles. The van der Waals surface area contributed by atoms with Crippen LogP contribution >= 0.6 is 11.8 Å². The first-order valence-electron chi connectivity index (χ1n) is 8.98. The summed E-state index contributed by atoms with van der Waals surface area (Å²) in [7, 11) is 1.49. The maximum atomic E-state index is 12.5. The summed E-state index contributed by atoms with van der Waals surface area (Å²) >= 11 is 0.978. The van der Waals surface area contributed by atoms with Crippen LogP contribution in [0.3, 0.4) is 0 Å². The Bertz CT molecular complexity index is 1330. The number of nitrogens with one attached hydrogen (secondary N) is 2. The number of anilines is 2. The van der Waals surface area contributed by atoms with E-state index in [0.29, 0.717) is 5.69 Å². The van der Waals surface area contributed by atoms with Crippen LogP contribution in [0.4, 0.5) is 11.5 Å². The predicted molar refractivity (Wildman–Crippen MR) is 113 cm³/mol. The van der Waals surface area contributed by atoms with Gasteiger partial charge in [-0.25, -0.2) is 9.78 Å². The molecule has 0 bridgehead atoms. The summed E-state index contributed by atoms with van der Waals surface area (Å²) in [5.74, 6) is -0.525. The second-order valence-corrected chi connectivity index (χ2v) is 7.66. The highest BCUT2D eigenvalue weighted by atomic mass is 32.2. The third-order valence-electron chi connectivity index (χ3n) is 4.46. The first kappa shape index (κ1) is 21.6. The molecular formula is C20H18N7O3S+. The highest BCUT2D eigenvalue weighted by molar-refractivity contribution is 8.00. The lowest BCUT2D eigenvalue weighted by Gasteiger charge is -2.11. The van der Waals surface area contributed by atoms with Crippen molar-refractivity contribution in [2.45, 2.75) is 18.9 Å². The van der Waals surface area contributed by atoms with Crippen molar-refractivity contribution in [2.24, 2.45) is 7.05 Å². The van der Waals surface area contributed by atoms with Gasteiger partial charge in [0.1, 0.15) is 34.1 Å². The molecule has 11 heteroatoms. The minimum absolute atomic E-state index is 0.00689. The maximum absolute atomic E-state index is 12.5. The zero-order chi connectivity index (χ0) is 22.7. The summed E-state index contributed by atoms with van der Waals surface area (Å²) in [5.41, 5.74) is 7.54. The standard InChI is InChI=1S/C20H17N7O3S/c1-10-4-5-11(2)14(6-10)24-15(28)9-31-19-13(8-22)16(12(7-21)18(23)25-19)17-20(29)30-26-27(17)3/h4-6H,9H2,1-3H3,(H3-,23,24,25,26,28,29)/p+1. The van der Waals surface area contributed by atoms with Gasteiger partial charge in [-0.05, 0) is 36.3 Å². The Morgan fingerprint density at radius 1 is 1.32 bits per heavy atom. The second kappa shape index (κ2) is 8.73.